The molecule has 0 spiro atoms. The molecule has 0 fully saturated rings. The van der Waals surface area contributed by atoms with Gasteiger partial charge >= 0.3 is 5.97 Å². The molecule has 0 unspecified atom stereocenters. The number of ether oxygens (including phenoxy) is 1. The lowest BCUT2D eigenvalue weighted by Gasteiger charge is -2.15. The first kappa shape index (κ1) is 23.2. The first-order chi connectivity index (χ1) is 14.7. The van der Waals surface area contributed by atoms with E-state index >= 15 is 0 Å². The molecule has 0 saturated heterocycles. The van der Waals surface area contributed by atoms with Gasteiger partial charge in [-0.2, -0.15) is 0 Å². The zero-order chi connectivity index (χ0) is 22.9. The van der Waals surface area contributed by atoms with Gasteiger partial charge in [-0.3, -0.25) is 0 Å². The van der Waals surface area contributed by atoms with Crippen molar-refractivity contribution in [1.82, 2.24) is 9.47 Å². The van der Waals surface area contributed by atoms with Gasteiger partial charge in [-0.1, -0.05) is 29.8 Å². The Kier molecular flexibility index (Phi) is 7.03. The molecular formula is C23H25BrN2O4S. The van der Waals surface area contributed by atoms with Crippen LogP contribution in [0.3, 0.4) is 0 Å². The molecule has 0 bridgehead atoms. The highest BCUT2D eigenvalue weighted by Crippen LogP contribution is 2.40. The molecule has 0 radical (unpaired) electrons. The highest BCUT2D eigenvalue weighted by atomic mass is 79.9. The number of carbonyl (C=O) groups is 1. The summed E-state index contributed by atoms with van der Waals surface area (Å²) >= 11 is 3.78. The molecule has 0 saturated carbocycles. The number of halogens is 1. The van der Waals surface area contributed by atoms with E-state index in [-0.39, 0.29) is 12.4 Å². The molecule has 0 aliphatic rings. The van der Waals surface area contributed by atoms with Crippen LogP contribution < -0.4 is 0 Å². The minimum Gasteiger partial charge on any atom is -0.506 e. The van der Waals surface area contributed by atoms with Gasteiger partial charge in [0.25, 0.3) is 0 Å². The summed E-state index contributed by atoms with van der Waals surface area (Å²) < 4.78 is 20.1. The van der Waals surface area contributed by atoms with Crippen molar-refractivity contribution in [3.8, 4) is 5.75 Å². The Morgan fingerprint density at radius 3 is 2.58 bits per heavy atom. The molecular weight excluding hydrogens is 480 g/mol. The first-order valence-corrected chi connectivity index (χ1v) is 11.3. The van der Waals surface area contributed by atoms with Gasteiger partial charge in [-0.25, -0.2) is 9.00 Å². The lowest BCUT2D eigenvalue weighted by atomic mass is 9.99. The van der Waals surface area contributed by atoms with Gasteiger partial charge in [0.05, 0.1) is 44.0 Å². The van der Waals surface area contributed by atoms with Crippen LogP contribution in [0.1, 0.15) is 39.7 Å². The number of fused-ring (bicyclic) bond motifs is 1. The van der Waals surface area contributed by atoms with Crippen molar-refractivity contribution < 1.29 is 18.8 Å². The van der Waals surface area contributed by atoms with Crippen LogP contribution in [0.25, 0.3) is 10.9 Å². The molecule has 8 heteroatoms. The van der Waals surface area contributed by atoms with E-state index in [0.717, 1.165) is 16.6 Å². The van der Waals surface area contributed by atoms with Crippen LogP contribution in [0, 0.1) is 6.92 Å². The Hall–Kier alpha value is -2.42. The second-order valence-electron chi connectivity index (χ2n) is 7.60. The maximum Gasteiger partial charge on any atom is 0.341 e. The van der Waals surface area contributed by atoms with Gasteiger partial charge in [-0.05, 0) is 55.5 Å². The zero-order valence-electron chi connectivity index (χ0n) is 18.2. The van der Waals surface area contributed by atoms with Crippen molar-refractivity contribution in [3.05, 3.63) is 62.8 Å². The molecule has 0 aliphatic carbocycles. The summed E-state index contributed by atoms with van der Waals surface area (Å²) in [5, 5.41) is 11.4. The first-order valence-electron chi connectivity index (χ1n) is 9.79. The molecule has 1 N–H and O–H groups in total. The van der Waals surface area contributed by atoms with Crippen LogP contribution in [0.2, 0.25) is 0 Å². The monoisotopic (exact) mass is 504 g/mol. The third kappa shape index (κ3) is 4.33. The fourth-order valence-electron chi connectivity index (χ4n) is 3.78. The predicted molar refractivity (Wildman–Crippen MR) is 128 cm³/mol. The number of phenols is 1. The largest absolute Gasteiger partial charge is 0.506 e. The number of hydrogen-bond acceptors (Lipinski definition) is 5. The Balaban J connectivity index is 2.49. The Bertz CT molecular complexity index is 1230. The van der Waals surface area contributed by atoms with Gasteiger partial charge < -0.3 is 19.3 Å². The van der Waals surface area contributed by atoms with Gasteiger partial charge in [0.15, 0.2) is 0 Å². The van der Waals surface area contributed by atoms with Crippen LogP contribution in [0.4, 0.5) is 0 Å². The number of aryl methyl sites for hydroxylation is 2. The van der Waals surface area contributed by atoms with Crippen LogP contribution in [-0.2, 0) is 29.6 Å². The number of carbonyl (C=O) groups excluding carboxylic acids is 1. The normalized spacial score (nSPS) is 11.2. The van der Waals surface area contributed by atoms with E-state index in [4.69, 9.17) is 4.74 Å². The van der Waals surface area contributed by atoms with E-state index in [2.05, 4.69) is 15.9 Å². The summed E-state index contributed by atoms with van der Waals surface area (Å²) in [7, 11) is 5.59. The number of aromatic hydroxyl groups is 1. The number of hydrogen-bond donors (Lipinski definition) is 1. The minimum absolute atomic E-state index is 0.0655. The highest BCUT2D eigenvalue weighted by Gasteiger charge is 2.30. The fraction of sp³-hybridized carbons (Fsp3) is 0.304. The molecule has 0 amide bonds. The smallest absolute Gasteiger partial charge is 0.341 e. The maximum absolute atomic E-state index is 13.2. The van der Waals surface area contributed by atoms with E-state index in [1.807, 2.05) is 61.8 Å². The van der Waals surface area contributed by atoms with Crippen LogP contribution >= 0.6 is 15.9 Å². The predicted octanol–water partition coefficient (Wildman–Crippen LogP) is 3.97. The van der Waals surface area contributed by atoms with Crippen LogP contribution in [0.15, 0.2) is 34.8 Å². The number of benzene rings is 2. The maximum atomic E-state index is 13.2. The molecule has 1 aromatic heterocycles. The average molecular weight is 505 g/mol. The quantitative estimate of drug-likeness (QED) is 0.312. The fourth-order valence-corrected chi connectivity index (χ4v) is 4.77. The molecule has 2 aromatic carbocycles. The van der Waals surface area contributed by atoms with E-state index in [9.17, 15) is 14.1 Å². The van der Waals surface area contributed by atoms with Crippen LogP contribution in [0.5, 0.6) is 5.75 Å². The Morgan fingerprint density at radius 2 is 2.00 bits per heavy atom. The summed E-state index contributed by atoms with van der Waals surface area (Å²) in [6.07, 6.45) is 0. The van der Waals surface area contributed by atoms with E-state index in [0.29, 0.717) is 49.3 Å². The second-order valence-corrected chi connectivity index (χ2v) is 9.03. The van der Waals surface area contributed by atoms with Crippen LogP contribution in [-0.4, -0.2) is 50.3 Å². The minimum atomic E-state index is -0.524. The average Bonchev–Trinajstić information content (AvgIpc) is 2.99. The second kappa shape index (κ2) is 9.38. The number of aromatic nitrogens is 1. The SMILES string of the molecule is CCOC(=O)c1c(C(=S=O)c2cccc(C)c2)n(C)c2cc(Br)c(O)c(CN(C)C)c12. The lowest BCUT2D eigenvalue weighted by molar-refractivity contribution is 0.0528. The van der Waals surface area contributed by atoms with Crippen molar-refractivity contribution >= 4 is 48.9 Å². The van der Waals surface area contributed by atoms with Crippen molar-refractivity contribution in [1.29, 1.82) is 0 Å². The van der Waals surface area contributed by atoms with Gasteiger partial charge in [-0.15, -0.1) is 0 Å². The summed E-state index contributed by atoms with van der Waals surface area (Å²) in [6.45, 7) is 4.30. The standard InChI is InChI=1S/C23H25BrN2O4S/c1-6-30-23(28)19-18-15(12-25(3)4)21(27)16(24)11-17(18)26(5)20(19)22(31-29)14-9-7-8-13(2)10-14/h7-11,27H,6,12H2,1-5H3. The lowest BCUT2D eigenvalue weighted by Crippen LogP contribution is -2.16. The van der Waals surface area contributed by atoms with Crippen molar-refractivity contribution in [2.24, 2.45) is 7.05 Å². The van der Waals surface area contributed by atoms with E-state index in [1.165, 1.54) is 0 Å². The summed E-state index contributed by atoms with van der Waals surface area (Å²) in [6, 6.07) is 9.37. The third-order valence-corrected chi connectivity index (χ3v) is 6.25. The zero-order valence-corrected chi connectivity index (χ0v) is 20.6. The molecule has 1 heterocycles. The molecule has 164 valence electrons. The Morgan fingerprint density at radius 1 is 1.29 bits per heavy atom. The molecule has 6 nitrogen and oxygen atoms in total. The third-order valence-electron chi connectivity index (χ3n) is 5.05. The summed E-state index contributed by atoms with van der Waals surface area (Å²) in [5.74, 6) is -0.459. The van der Waals surface area contributed by atoms with Crippen molar-refractivity contribution in [2.45, 2.75) is 20.4 Å². The molecule has 0 atom stereocenters. The topological polar surface area (TPSA) is 71.8 Å². The number of rotatable bonds is 6. The summed E-state index contributed by atoms with van der Waals surface area (Å²) in [5.41, 5.74) is 3.83. The highest BCUT2D eigenvalue weighted by molar-refractivity contribution is 9.10. The number of esters is 1. The van der Waals surface area contributed by atoms with Gasteiger partial charge in [0, 0.05) is 24.5 Å². The molecule has 0 aliphatic heterocycles. The summed E-state index contributed by atoms with van der Waals surface area (Å²) in [4.78, 5) is 15.5. The molecule has 31 heavy (non-hydrogen) atoms. The number of phenolic OH excluding ortho intramolecular Hbond substituents is 1. The van der Waals surface area contributed by atoms with E-state index < -0.39 is 5.97 Å². The van der Waals surface area contributed by atoms with Crippen molar-refractivity contribution in [2.75, 3.05) is 20.7 Å². The molecule has 3 rings (SSSR count). The van der Waals surface area contributed by atoms with E-state index in [1.54, 1.807) is 13.0 Å². The van der Waals surface area contributed by atoms with Gasteiger partial charge in [0.2, 0.25) is 0 Å². The van der Waals surface area contributed by atoms with Crippen molar-refractivity contribution in [3.63, 3.8) is 0 Å². The molecule has 3 aromatic rings. The Labute approximate surface area is 193 Å². The van der Waals surface area contributed by atoms with Gasteiger partial charge in [0.1, 0.15) is 5.75 Å². The number of nitrogens with zero attached hydrogens (tertiary/aromatic N) is 2.